The third-order valence-corrected chi connectivity index (χ3v) is 4.25. The molecular formula is C16H16FN3O3. The minimum Gasteiger partial charge on any atom is -0.507 e. The molecule has 1 aliphatic rings. The Morgan fingerprint density at radius 3 is 2.96 bits per heavy atom. The lowest BCUT2D eigenvalue weighted by Gasteiger charge is -2.15. The van der Waals surface area contributed by atoms with Crippen LogP contribution in [-0.2, 0) is 13.5 Å². The van der Waals surface area contributed by atoms with Crippen molar-refractivity contribution in [1.29, 1.82) is 0 Å². The maximum Gasteiger partial charge on any atom is 0.267 e. The van der Waals surface area contributed by atoms with Crippen LogP contribution in [0.2, 0.25) is 0 Å². The molecule has 2 N–H and O–H groups in total. The molecule has 0 radical (unpaired) electrons. The number of rotatable bonds is 2. The van der Waals surface area contributed by atoms with E-state index in [4.69, 9.17) is 0 Å². The molecule has 0 saturated carbocycles. The number of nitrogens with zero attached hydrogens (tertiary/aromatic N) is 2. The van der Waals surface area contributed by atoms with Gasteiger partial charge < -0.3 is 15.0 Å². The average Bonchev–Trinajstić information content (AvgIpc) is 2.90. The van der Waals surface area contributed by atoms with Crippen LogP contribution in [-0.4, -0.2) is 20.6 Å². The third-order valence-electron chi connectivity index (χ3n) is 4.25. The van der Waals surface area contributed by atoms with Crippen molar-refractivity contribution < 1.29 is 14.3 Å². The lowest BCUT2D eigenvalue weighted by atomic mass is 10.0. The van der Waals surface area contributed by atoms with Gasteiger partial charge in [-0.25, -0.2) is 9.37 Å². The number of fused-ring (bicyclic) bond motifs is 1. The summed E-state index contributed by atoms with van der Waals surface area (Å²) in [7, 11) is 1.57. The first kappa shape index (κ1) is 15.2. The molecule has 1 aliphatic carbocycles. The fourth-order valence-corrected chi connectivity index (χ4v) is 3.01. The molecule has 0 spiro atoms. The standard InChI is InChI=1S/C16H16FN3O3/c1-8-5-6-10-11(8)13(21)12(16(23)20(10)2)15(22)19-14-9(17)4-3-7-18-14/h3-4,7-8,21H,5-6H2,1-2H3,(H,18,19,22)/t8-/m0/s1. The first-order valence-electron chi connectivity index (χ1n) is 7.28. The van der Waals surface area contributed by atoms with Gasteiger partial charge >= 0.3 is 0 Å². The van der Waals surface area contributed by atoms with Crippen LogP contribution in [0.25, 0.3) is 0 Å². The van der Waals surface area contributed by atoms with Crippen LogP contribution in [0.5, 0.6) is 5.75 Å². The molecule has 0 fully saturated rings. The van der Waals surface area contributed by atoms with Crippen molar-refractivity contribution in [2.75, 3.05) is 5.32 Å². The normalized spacial score (nSPS) is 16.2. The van der Waals surface area contributed by atoms with Gasteiger partial charge in [-0.2, -0.15) is 0 Å². The first-order chi connectivity index (χ1) is 10.9. The van der Waals surface area contributed by atoms with Gasteiger partial charge in [0.2, 0.25) is 0 Å². The molecule has 2 aromatic rings. The van der Waals surface area contributed by atoms with Gasteiger partial charge in [0.1, 0.15) is 11.3 Å². The van der Waals surface area contributed by atoms with Crippen molar-refractivity contribution in [3.63, 3.8) is 0 Å². The summed E-state index contributed by atoms with van der Waals surface area (Å²) in [5.74, 6) is -2.14. The molecule has 0 aromatic carbocycles. The predicted octanol–water partition coefficient (Wildman–Crippen LogP) is 1.93. The summed E-state index contributed by atoms with van der Waals surface area (Å²) in [5.41, 5.74) is 0.355. The Bertz CT molecular complexity index is 860. The number of hydrogen-bond donors (Lipinski definition) is 2. The molecule has 0 unspecified atom stereocenters. The van der Waals surface area contributed by atoms with Gasteiger partial charge in [0.15, 0.2) is 11.6 Å². The third kappa shape index (κ3) is 2.38. The van der Waals surface area contributed by atoms with Crippen molar-refractivity contribution in [1.82, 2.24) is 9.55 Å². The Morgan fingerprint density at radius 2 is 2.26 bits per heavy atom. The highest BCUT2D eigenvalue weighted by molar-refractivity contribution is 6.05. The number of aromatic nitrogens is 2. The number of anilines is 1. The van der Waals surface area contributed by atoms with Gasteiger partial charge in [-0.15, -0.1) is 0 Å². The van der Waals surface area contributed by atoms with Crippen molar-refractivity contribution in [3.05, 3.63) is 51.3 Å². The number of nitrogens with one attached hydrogen (secondary N) is 1. The van der Waals surface area contributed by atoms with Crippen LogP contribution < -0.4 is 10.9 Å². The molecular weight excluding hydrogens is 301 g/mol. The van der Waals surface area contributed by atoms with E-state index >= 15 is 0 Å². The molecule has 7 heteroatoms. The summed E-state index contributed by atoms with van der Waals surface area (Å²) in [4.78, 5) is 28.5. The van der Waals surface area contributed by atoms with Crippen LogP contribution in [0.1, 0.15) is 40.9 Å². The fraction of sp³-hybridized carbons (Fsp3) is 0.312. The minimum absolute atomic E-state index is 0.0509. The highest BCUT2D eigenvalue weighted by Gasteiger charge is 2.31. The highest BCUT2D eigenvalue weighted by Crippen LogP contribution is 2.39. The monoisotopic (exact) mass is 317 g/mol. The average molecular weight is 317 g/mol. The molecule has 0 saturated heterocycles. The van der Waals surface area contributed by atoms with Crippen LogP contribution in [0.15, 0.2) is 23.1 Å². The predicted molar refractivity (Wildman–Crippen MR) is 82.2 cm³/mol. The molecule has 0 aliphatic heterocycles. The maximum absolute atomic E-state index is 13.6. The SMILES string of the molecule is C[C@H]1CCc2c1c(O)c(C(=O)Nc1ncccc1F)c(=O)n2C. The minimum atomic E-state index is -0.873. The number of hydrogen-bond acceptors (Lipinski definition) is 4. The van der Waals surface area contributed by atoms with Gasteiger partial charge in [0, 0.05) is 24.5 Å². The second-order valence-corrected chi connectivity index (χ2v) is 5.68. The summed E-state index contributed by atoms with van der Waals surface area (Å²) in [6.07, 6.45) is 2.80. The number of amides is 1. The molecule has 6 nitrogen and oxygen atoms in total. The zero-order valence-corrected chi connectivity index (χ0v) is 12.8. The van der Waals surface area contributed by atoms with E-state index in [0.29, 0.717) is 12.0 Å². The van der Waals surface area contributed by atoms with E-state index in [9.17, 15) is 19.1 Å². The molecule has 1 atom stereocenters. The fourth-order valence-electron chi connectivity index (χ4n) is 3.01. The van der Waals surface area contributed by atoms with Crippen molar-refractivity contribution >= 4 is 11.7 Å². The lowest BCUT2D eigenvalue weighted by Crippen LogP contribution is -2.30. The lowest BCUT2D eigenvalue weighted by molar-refractivity contribution is 0.102. The van der Waals surface area contributed by atoms with E-state index in [1.807, 2.05) is 6.92 Å². The van der Waals surface area contributed by atoms with Gasteiger partial charge in [0.25, 0.3) is 11.5 Å². The van der Waals surface area contributed by atoms with E-state index in [-0.39, 0.29) is 23.0 Å². The number of carbonyl (C=O) groups excluding carboxylic acids is 1. The van der Waals surface area contributed by atoms with Crippen LogP contribution in [0.3, 0.4) is 0 Å². The summed E-state index contributed by atoms with van der Waals surface area (Å²) < 4.78 is 15.0. The van der Waals surface area contributed by atoms with Crippen LogP contribution in [0.4, 0.5) is 10.2 Å². The molecule has 2 aromatic heterocycles. The molecule has 0 bridgehead atoms. The smallest absolute Gasteiger partial charge is 0.267 e. The highest BCUT2D eigenvalue weighted by atomic mass is 19.1. The zero-order valence-electron chi connectivity index (χ0n) is 12.8. The summed E-state index contributed by atoms with van der Waals surface area (Å²) >= 11 is 0. The topological polar surface area (TPSA) is 84.2 Å². The number of halogens is 1. The quantitative estimate of drug-likeness (QED) is 0.886. The Labute approximate surface area is 131 Å². The first-order valence-corrected chi connectivity index (χ1v) is 7.28. The second-order valence-electron chi connectivity index (χ2n) is 5.68. The Balaban J connectivity index is 2.09. The summed E-state index contributed by atoms with van der Waals surface area (Å²) in [6, 6.07) is 2.53. The van der Waals surface area contributed by atoms with Crippen LogP contribution >= 0.6 is 0 Å². The molecule has 120 valence electrons. The van der Waals surface area contributed by atoms with Gasteiger partial charge in [-0.05, 0) is 30.9 Å². The maximum atomic E-state index is 13.6. The van der Waals surface area contributed by atoms with E-state index in [2.05, 4.69) is 10.3 Å². The van der Waals surface area contributed by atoms with E-state index in [0.717, 1.165) is 18.2 Å². The van der Waals surface area contributed by atoms with E-state index < -0.39 is 17.3 Å². The number of carbonyl (C=O) groups is 1. The molecule has 23 heavy (non-hydrogen) atoms. The van der Waals surface area contributed by atoms with Crippen molar-refractivity contribution in [2.45, 2.75) is 25.7 Å². The van der Waals surface area contributed by atoms with Crippen molar-refractivity contribution in [3.8, 4) is 5.75 Å². The number of pyridine rings is 2. The Hall–Kier alpha value is -2.70. The largest absolute Gasteiger partial charge is 0.507 e. The Morgan fingerprint density at radius 1 is 1.52 bits per heavy atom. The van der Waals surface area contributed by atoms with E-state index in [1.54, 1.807) is 7.05 Å². The second kappa shape index (κ2) is 5.49. The zero-order chi connectivity index (χ0) is 16.7. The number of aromatic hydroxyl groups is 1. The molecule has 1 amide bonds. The van der Waals surface area contributed by atoms with Crippen molar-refractivity contribution in [2.24, 2.45) is 7.05 Å². The van der Waals surface area contributed by atoms with E-state index in [1.165, 1.54) is 16.8 Å². The van der Waals surface area contributed by atoms with Crippen LogP contribution in [0, 0.1) is 5.82 Å². The van der Waals surface area contributed by atoms with Gasteiger partial charge in [-0.3, -0.25) is 9.59 Å². The Kier molecular flexibility index (Phi) is 3.63. The summed E-state index contributed by atoms with van der Waals surface area (Å²) in [6.45, 7) is 1.93. The molecule has 3 rings (SSSR count). The molecule has 2 heterocycles. The van der Waals surface area contributed by atoms with Gasteiger partial charge in [-0.1, -0.05) is 6.92 Å². The summed E-state index contributed by atoms with van der Waals surface area (Å²) in [5, 5.41) is 12.7. The van der Waals surface area contributed by atoms with Gasteiger partial charge in [0.05, 0.1) is 0 Å².